The maximum Gasteiger partial charge on any atom is 0.303 e. The zero-order valence-corrected chi connectivity index (χ0v) is 17.0. The first kappa shape index (κ1) is 21.8. The van der Waals surface area contributed by atoms with Crippen LogP contribution in [0.2, 0.25) is 0 Å². The highest BCUT2D eigenvalue weighted by molar-refractivity contribution is 6.05. The fourth-order valence-electron chi connectivity index (χ4n) is 3.96. The molecule has 2 aliphatic heterocycles. The van der Waals surface area contributed by atoms with Gasteiger partial charge in [0.05, 0.1) is 13.2 Å². The molecular formula is C22H28N2O6. The molecule has 8 nitrogen and oxygen atoms in total. The third-order valence-electron chi connectivity index (χ3n) is 5.58. The minimum atomic E-state index is -0.742. The maximum absolute atomic E-state index is 12.8. The van der Waals surface area contributed by atoms with Gasteiger partial charge in [0.1, 0.15) is 11.8 Å². The summed E-state index contributed by atoms with van der Waals surface area (Å²) in [5, 5.41) is 10.9. The van der Waals surface area contributed by atoms with Gasteiger partial charge in [-0.05, 0) is 31.4 Å². The van der Waals surface area contributed by atoms with Gasteiger partial charge in [0.2, 0.25) is 11.8 Å². The number of unbranched alkanes of at least 4 members (excludes halogenated alkanes) is 5. The number of aliphatic carboxylic acids is 1. The molecule has 0 bridgehead atoms. The molecule has 1 saturated heterocycles. The van der Waals surface area contributed by atoms with Crippen molar-refractivity contribution in [2.45, 2.75) is 70.4 Å². The number of carbonyl (C=O) groups is 4. The lowest BCUT2D eigenvalue weighted by Gasteiger charge is -2.29. The van der Waals surface area contributed by atoms with Gasteiger partial charge in [-0.2, -0.15) is 0 Å². The van der Waals surface area contributed by atoms with Crippen LogP contribution in [0.5, 0.6) is 5.75 Å². The van der Waals surface area contributed by atoms with Crippen molar-refractivity contribution in [2.24, 2.45) is 0 Å². The summed E-state index contributed by atoms with van der Waals surface area (Å²) in [4.78, 5) is 48.3. The van der Waals surface area contributed by atoms with Crippen LogP contribution in [0, 0.1) is 0 Å². The van der Waals surface area contributed by atoms with Crippen molar-refractivity contribution in [3.8, 4) is 5.75 Å². The molecule has 1 aromatic rings. The molecule has 0 aliphatic carbocycles. The summed E-state index contributed by atoms with van der Waals surface area (Å²) < 4.78 is 5.92. The van der Waals surface area contributed by atoms with Crippen LogP contribution in [0.1, 0.15) is 73.7 Å². The smallest absolute Gasteiger partial charge is 0.303 e. The molecule has 1 unspecified atom stereocenters. The number of carboxylic acids is 1. The van der Waals surface area contributed by atoms with Gasteiger partial charge in [0.15, 0.2) is 0 Å². The number of carbonyl (C=O) groups excluding carboxylic acids is 3. The highest BCUT2D eigenvalue weighted by Gasteiger charge is 2.40. The molecule has 30 heavy (non-hydrogen) atoms. The predicted octanol–water partition coefficient (Wildman–Crippen LogP) is 2.64. The van der Waals surface area contributed by atoms with E-state index in [4.69, 9.17) is 9.84 Å². The number of carboxylic acid groups (broad SMARTS) is 1. The van der Waals surface area contributed by atoms with E-state index in [-0.39, 0.29) is 24.7 Å². The quantitative estimate of drug-likeness (QED) is 0.424. The number of hydrogen-bond donors (Lipinski definition) is 2. The van der Waals surface area contributed by atoms with Gasteiger partial charge < -0.3 is 14.7 Å². The van der Waals surface area contributed by atoms with Crippen molar-refractivity contribution in [3.05, 3.63) is 29.3 Å². The van der Waals surface area contributed by atoms with Crippen LogP contribution >= 0.6 is 0 Å². The predicted molar refractivity (Wildman–Crippen MR) is 108 cm³/mol. The molecule has 1 atom stereocenters. The number of fused-ring (bicyclic) bond motifs is 1. The number of nitrogens with one attached hydrogen (secondary N) is 1. The molecule has 0 saturated carbocycles. The lowest BCUT2D eigenvalue weighted by molar-refractivity contribution is -0.138. The Hall–Kier alpha value is -2.90. The summed E-state index contributed by atoms with van der Waals surface area (Å²) in [5.74, 6) is -0.999. The Labute approximate surface area is 175 Å². The normalized spacial score (nSPS) is 18.3. The number of rotatable bonds is 11. The van der Waals surface area contributed by atoms with Crippen molar-refractivity contribution in [2.75, 3.05) is 6.61 Å². The first-order chi connectivity index (χ1) is 14.5. The Bertz CT molecular complexity index is 822. The molecule has 3 amide bonds. The fraction of sp³-hybridized carbons (Fsp3) is 0.545. The van der Waals surface area contributed by atoms with Crippen molar-refractivity contribution in [3.63, 3.8) is 0 Å². The average molecular weight is 416 g/mol. The highest BCUT2D eigenvalue weighted by Crippen LogP contribution is 2.33. The van der Waals surface area contributed by atoms with Gasteiger partial charge in [-0.3, -0.25) is 24.5 Å². The van der Waals surface area contributed by atoms with Crippen LogP contribution in [0.3, 0.4) is 0 Å². The number of imide groups is 1. The van der Waals surface area contributed by atoms with Crippen molar-refractivity contribution < 1.29 is 29.0 Å². The SMILES string of the molecule is O=C(O)CCCCCCCCOc1cccc2c1CN(C1CCC(=O)NC1=O)C2=O. The minimum Gasteiger partial charge on any atom is -0.493 e. The first-order valence-corrected chi connectivity index (χ1v) is 10.6. The van der Waals surface area contributed by atoms with Crippen LogP contribution in [-0.4, -0.2) is 46.3 Å². The topological polar surface area (TPSA) is 113 Å². The van der Waals surface area contributed by atoms with Crippen LogP contribution in [0.15, 0.2) is 18.2 Å². The molecule has 162 valence electrons. The number of nitrogens with zero attached hydrogens (tertiary/aromatic N) is 1. The summed E-state index contributed by atoms with van der Waals surface area (Å²) in [6, 6.07) is 4.73. The third-order valence-corrected chi connectivity index (χ3v) is 5.58. The molecule has 1 fully saturated rings. The highest BCUT2D eigenvalue weighted by atomic mass is 16.5. The second kappa shape index (κ2) is 10.2. The molecule has 3 rings (SSSR count). The fourth-order valence-corrected chi connectivity index (χ4v) is 3.96. The molecule has 0 spiro atoms. The average Bonchev–Trinajstić information content (AvgIpc) is 3.04. The minimum absolute atomic E-state index is 0.202. The van der Waals surface area contributed by atoms with Gasteiger partial charge >= 0.3 is 5.97 Å². The second-order valence-electron chi connectivity index (χ2n) is 7.80. The molecule has 0 radical (unpaired) electrons. The summed E-state index contributed by atoms with van der Waals surface area (Å²) >= 11 is 0. The molecule has 8 heteroatoms. The molecule has 1 aromatic carbocycles. The van der Waals surface area contributed by atoms with E-state index < -0.39 is 17.9 Å². The zero-order valence-electron chi connectivity index (χ0n) is 17.0. The van der Waals surface area contributed by atoms with Crippen molar-refractivity contribution in [1.29, 1.82) is 0 Å². The van der Waals surface area contributed by atoms with E-state index in [9.17, 15) is 19.2 Å². The van der Waals surface area contributed by atoms with Gasteiger partial charge in [-0.25, -0.2) is 0 Å². The van der Waals surface area contributed by atoms with E-state index in [1.165, 1.54) is 4.90 Å². The Morgan fingerprint density at radius 1 is 1.10 bits per heavy atom. The third kappa shape index (κ3) is 5.37. The van der Waals surface area contributed by atoms with Gasteiger partial charge in [0, 0.05) is 24.0 Å². The largest absolute Gasteiger partial charge is 0.493 e. The summed E-state index contributed by atoms with van der Waals surface area (Å²) in [7, 11) is 0. The maximum atomic E-state index is 12.8. The van der Waals surface area contributed by atoms with E-state index in [0.29, 0.717) is 30.9 Å². The number of benzene rings is 1. The van der Waals surface area contributed by atoms with Gasteiger partial charge in [0.25, 0.3) is 5.91 Å². The van der Waals surface area contributed by atoms with E-state index in [2.05, 4.69) is 5.32 Å². The molecule has 2 aliphatic rings. The monoisotopic (exact) mass is 416 g/mol. The standard InChI is InChI=1S/C22H28N2O6/c25-19-12-11-17(21(28)23-19)24-14-16-15(22(24)29)8-7-9-18(16)30-13-6-4-2-1-3-5-10-20(26)27/h7-9,17H,1-6,10-14H2,(H,26,27)(H,23,25,28). The van der Waals surface area contributed by atoms with E-state index in [1.807, 2.05) is 6.07 Å². The summed E-state index contributed by atoms with van der Waals surface area (Å²) in [6.45, 7) is 0.846. The molecule has 0 aromatic heterocycles. The molecule has 2 heterocycles. The number of ether oxygens (including phenoxy) is 1. The Kier molecular flexibility index (Phi) is 7.43. The van der Waals surface area contributed by atoms with E-state index in [0.717, 1.165) is 44.1 Å². The number of amides is 3. The van der Waals surface area contributed by atoms with Crippen LogP contribution in [0.4, 0.5) is 0 Å². The molecule has 2 N–H and O–H groups in total. The number of hydrogen-bond acceptors (Lipinski definition) is 5. The van der Waals surface area contributed by atoms with Crippen LogP contribution < -0.4 is 10.1 Å². The zero-order chi connectivity index (χ0) is 21.5. The van der Waals surface area contributed by atoms with E-state index in [1.54, 1.807) is 12.1 Å². The van der Waals surface area contributed by atoms with Crippen LogP contribution in [-0.2, 0) is 20.9 Å². The Morgan fingerprint density at radius 3 is 2.57 bits per heavy atom. The number of piperidine rings is 1. The summed E-state index contributed by atoms with van der Waals surface area (Å²) in [5.41, 5.74) is 1.34. The first-order valence-electron chi connectivity index (χ1n) is 10.6. The van der Waals surface area contributed by atoms with Gasteiger partial charge in [-0.1, -0.05) is 31.7 Å². The van der Waals surface area contributed by atoms with Gasteiger partial charge in [-0.15, -0.1) is 0 Å². The Balaban J connectivity index is 1.46. The van der Waals surface area contributed by atoms with Crippen molar-refractivity contribution >= 4 is 23.7 Å². The second-order valence-corrected chi connectivity index (χ2v) is 7.80. The van der Waals surface area contributed by atoms with Crippen molar-refractivity contribution in [1.82, 2.24) is 10.2 Å². The van der Waals surface area contributed by atoms with Crippen LogP contribution in [0.25, 0.3) is 0 Å². The molecular weight excluding hydrogens is 388 g/mol. The summed E-state index contributed by atoms with van der Waals surface area (Å²) in [6.07, 6.45) is 6.40. The lowest BCUT2D eigenvalue weighted by atomic mass is 10.0. The Morgan fingerprint density at radius 2 is 1.83 bits per heavy atom. The lowest BCUT2D eigenvalue weighted by Crippen LogP contribution is -2.52. The van der Waals surface area contributed by atoms with E-state index >= 15 is 0 Å².